The van der Waals surface area contributed by atoms with Crippen LogP contribution in [0.4, 0.5) is 0 Å². The maximum Gasteiger partial charge on any atom is 0.326 e. The fraction of sp³-hybridized carbons (Fsp3) is 0.565. The molecule has 1 aromatic rings. The van der Waals surface area contributed by atoms with E-state index in [1.165, 1.54) is 12.1 Å². The van der Waals surface area contributed by atoms with Gasteiger partial charge in [-0.25, -0.2) is 4.79 Å². The highest BCUT2D eigenvalue weighted by Gasteiger charge is 2.30. The number of carbonyl (C=O) groups excluding carboxylic acids is 3. The second kappa shape index (κ2) is 13.4. The highest BCUT2D eigenvalue weighted by molar-refractivity contribution is 5.92. The number of carboxylic acids is 1. The number of nitrogens with two attached hydrogens (primary N) is 1. The Morgan fingerprint density at radius 3 is 2.03 bits per heavy atom. The highest BCUT2D eigenvalue weighted by Crippen LogP contribution is 2.13. The topological polar surface area (TPSA) is 171 Å². The molecule has 0 aromatic heterocycles. The molecule has 10 nitrogen and oxygen atoms in total. The molecule has 1 rings (SSSR count). The second-order valence-electron chi connectivity index (χ2n) is 8.33. The fourth-order valence-corrected chi connectivity index (χ4v) is 3.05. The number of nitrogens with one attached hydrogen (secondary N) is 3. The maximum absolute atomic E-state index is 12.9. The van der Waals surface area contributed by atoms with E-state index < -0.39 is 41.8 Å². The van der Waals surface area contributed by atoms with Crippen LogP contribution in [0, 0.1) is 11.8 Å². The van der Waals surface area contributed by atoms with Crippen molar-refractivity contribution in [2.24, 2.45) is 17.6 Å². The fourth-order valence-electron chi connectivity index (χ4n) is 3.05. The van der Waals surface area contributed by atoms with Crippen molar-refractivity contribution in [3.05, 3.63) is 29.8 Å². The lowest BCUT2D eigenvalue weighted by Crippen LogP contribution is -2.56. The molecule has 0 saturated heterocycles. The second-order valence-corrected chi connectivity index (χ2v) is 8.33. The summed E-state index contributed by atoms with van der Waals surface area (Å²) in [7, 11) is 0. The third-order valence-corrected chi connectivity index (χ3v) is 5.79. The number of carbonyl (C=O) groups is 4. The van der Waals surface area contributed by atoms with Crippen LogP contribution >= 0.6 is 0 Å². The van der Waals surface area contributed by atoms with Crippen LogP contribution in [0.3, 0.4) is 0 Å². The molecule has 0 bridgehead atoms. The Bertz CT molecular complexity index is 814. The van der Waals surface area contributed by atoms with Gasteiger partial charge in [-0.15, -0.1) is 0 Å². The van der Waals surface area contributed by atoms with Gasteiger partial charge in [-0.2, -0.15) is 0 Å². The number of amides is 3. The van der Waals surface area contributed by atoms with Crippen LogP contribution in [-0.2, 0) is 25.6 Å². The van der Waals surface area contributed by atoms with Gasteiger partial charge in [0, 0.05) is 6.42 Å². The van der Waals surface area contributed by atoms with Crippen molar-refractivity contribution in [3.8, 4) is 5.75 Å². The number of carboxylic acid groups (broad SMARTS) is 1. The minimum Gasteiger partial charge on any atom is -0.508 e. The van der Waals surface area contributed by atoms with Gasteiger partial charge in [0.1, 0.15) is 17.8 Å². The molecular formula is C23H36N4O6. The number of hydrogen-bond acceptors (Lipinski definition) is 6. The summed E-state index contributed by atoms with van der Waals surface area (Å²) in [6.45, 7) is 7.00. The normalized spacial score (nSPS) is 15.4. The van der Waals surface area contributed by atoms with E-state index in [0.29, 0.717) is 18.4 Å². The molecule has 5 unspecified atom stereocenters. The highest BCUT2D eigenvalue weighted by atomic mass is 16.4. The average molecular weight is 465 g/mol. The summed E-state index contributed by atoms with van der Waals surface area (Å²) in [6.07, 6.45) is 1.28. The molecular weight excluding hydrogens is 428 g/mol. The molecule has 0 aliphatic heterocycles. The molecule has 1 aromatic carbocycles. The Balaban J connectivity index is 2.79. The van der Waals surface area contributed by atoms with Gasteiger partial charge in [0.2, 0.25) is 17.7 Å². The summed E-state index contributed by atoms with van der Waals surface area (Å²) in [5, 5.41) is 26.5. The van der Waals surface area contributed by atoms with Crippen LogP contribution in [0.5, 0.6) is 5.75 Å². The third kappa shape index (κ3) is 9.09. The smallest absolute Gasteiger partial charge is 0.326 e. The lowest BCUT2D eigenvalue weighted by Gasteiger charge is -2.26. The Hall–Kier alpha value is -3.14. The number of aliphatic carboxylic acids is 1. The van der Waals surface area contributed by atoms with Crippen LogP contribution in [-0.4, -0.2) is 58.6 Å². The van der Waals surface area contributed by atoms with Crippen LogP contribution in [0.2, 0.25) is 0 Å². The van der Waals surface area contributed by atoms with E-state index in [2.05, 4.69) is 16.0 Å². The van der Waals surface area contributed by atoms with Gasteiger partial charge >= 0.3 is 5.97 Å². The van der Waals surface area contributed by atoms with E-state index in [-0.39, 0.29) is 30.6 Å². The van der Waals surface area contributed by atoms with E-state index in [1.54, 1.807) is 19.1 Å². The molecule has 0 fully saturated rings. The first-order valence-electron chi connectivity index (χ1n) is 11.1. The number of phenols is 1. The molecule has 3 amide bonds. The number of phenolic OH excluding ortho intramolecular Hbond substituents is 1. The average Bonchev–Trinajstić information content (AvgIpc) is 2.79. The summed E-state index contributed by atoms with van der Waals surface area (Å²) < 4.78 is 0. The van der Waals surface area contributed by atoms with E-state index in [0.717, 1.165) is 0 Å². The van der Waals surface area contributed by atoms with Gasteiger partial charge in [0.05, 0.1) is 12.6 Å². The Labute approximate surface area is 194 Å². The SMILES string of the molecule is CCC(C)C(N)C(=O)NCC(=O)NC(C(=O)NC(Cc1ccc(O)cc1)C(=O)O)C(C)CC. The molecule has 0 saturated carbocycles. The summed E-state index contributed by atoms with van der Waals surface area (Å²) in [5.41, 5.74) is 6.47. The third-order valence-electron chi connectivity index (χ3n) is 5.79. The summed E-state index contributed by atoms with van der Waals surface area (Å²) in [5.74, 6) is -3.17. The quantitative estimate of drug-likeness (QED) is 0.247. The van der Waals surface area contributed by atoms with Gasteiger partial charge in [0.25, 0.3) is 0 Å². The van der Waals surface area contributed by atoms with Crippen molar-refractivity contribution in [2.75, 3.05) is 6.54 Å². The van der Waals surface area contributed by atoms with E-state index >= 15 is 0 Å². The van der Waals surface area contributed by atoms with Gasteiger partial charge in [-0.3, -0.25) is 14.4 Å². The standard InChI is InChI=1S/C23H36N4O6/c1-5-13(3)19(24)21(30)25-12-18(29)27-20(14(4)6-2)22(31)26-17(23(32)33)11-15-7-9-16(28)10-8-15/h7-10,13-14,17,19-20,28H,5-6,11-12,24H2,1-4H3,(H,25,30)(H,26,31)(H,27,29)(H,32,33). The number of hydrogen-bond donors (Lipinski definition) is 6. The zero-order valence-electron chi connectivity index (χ0n) is 19.6. The van der Waals surface area contributed by atoms with Crippen LogP contribution in [0.25, 0.3) is 0 Å². The lowest BCUT2D eigenvalue weighted by atomic mass is 9.97. The predicted molar refractivity (Wildman–Crippen MR) is 123 cm³/mol. The van der Waals surface area contributed by atoms with Crippen molar-refractivity contribution >= 4 is 23.7 Å². The van der Waals surface area contributed by atoms with Crippen molar-refractivity contribution in [3.63, 3.8) is 0 Å². The lowest BCUT2D eigenvalue weighted by molar-refractivity contribution is -0.142. The van der Waals surface area contributed by atoms with Crippen LogP contribution in [0.15, 0.2) is 24.3 Å². The molecule has 33 heavy (non-hydrogen) atoms. The minimum absolute atomic E-state index is 0.00604. The van der Waals surface area contributed by atoms with Crippen LogP contribution in [0.1, 0.15) is 46.1 Å². The van der Waals surface area contributed by atoms with Crippen molar-refractivity contribution < 1.29 is 29.4 Å². The maximum atomic E-state index is 12.9. The number of aromatic hydroxyl groups is 1. The first kappa shape index (κ1) is 27.9. The van der Waals surface area contributed by atoms with Gasteiger partial charge in [-0.05, 0) is 29.5 Å². The zero-order valence-corrected chi connectivity index (χ0v) is 19.6. The number of rotatable bonds is 13. The summed E-state index contributed by atoms with van der Waals surface area (Å²) >= 11 is 0. The minimum atomic E-state index is -1.23. The molecule has 0 radical (unpaired) electrons. The van der Waals surface area contributed by atoms with Gasteiger partial charge < -0.3 is 31.9 Å². The molecule has 0 heterocycles. The Kier molecular flexibility index (Phi) is 11.3. The molecule has 184 valence electrons. The van der Waals surface area contributed by atoms with Gasteiger partial charge in [0.15, 0.2) is 0 Å². The van der Waals surface area contributed by atoms with E-state index in [1.807, 2.05) is 20.8 Å². The molecule has 7 N–H and O–H groups in total. The predicted octanol–water partition coefficient (Wildman–Crippen LogP) is 0.525. The largest absolute Gasteiger partial charge is 0.508 e. The van der Waals surface area contributed by atoms with Crippen molar-refractivity contribution in [1.82, 2.24) is 16.0 Å². The molecule has 10 heteroatoms. The summed E-state index contributed by atoms with van der Waals surface area (Å²) in [6, 6.07) is 3.05. The monoisotopic (exact) mass is 464 g/mol. The van der Waals surface area contributed by atoms with Crippen LogP contribution < -0.4 is 21.7 Å². The number of benzene rings is 1. The molecule has 0 aliphatic rings. The van der Waals surface area contributed by atoms with Crippen molar-refractivity contribution in [2.45, 2.75) is 65.1 Å². The summed E-state index contributed by atoms with van der Waals surface area (Å²) in [4.78, 5) is 49.1. The molecule has 0 spiro atoms. The van der Waals surface area contributed by atoms with Crippen molar-refractivity contribution in [1.29, 1.82) is 0 Å². The zero-order chi connectivity index (χ0) is 25.1. The van der Waals surface area contributed by atoms with Gasteiger partial charge in [-0.1, -0.05) is 52.7 Å². The molecule has 5 atom stereocenters. The first-order chi connectivity index (χ1) is 15.5. The first-order valence-corrected chi connectivity index (χ1v) is 11.1. The molecule has 0 aliphatic carbocycles. The Morgan fingerprint density at radius 1 is 0.939 bits per heavy atom. The Morgan fingerprint density at radius 2 is 1.52 bits per heavy atom. The van der Waals surface area contributed by atoms with E-state index in [9.17, 15) is 29.4 Å². The van der Waals surface area contributed by atoms with E-state index in [4.69, 9.17) is 5.73 Å².